The van der Waals surface area contributed by atoms with Gasteiger partial charge in [0.1, 0.15) is 6.61 Å². The van der Waals surface area contributed by atoms with Crippen LogP contribution < -0.4 is 21.7 Å². The first kappa shape index (κ1) is 20.7. The summed E-state index contributed by atoms with van der Waals surface area (Å²) in [5, 5.41) is 9.43. The number of nitrogens with two attached hydrogens (primary N) is 1. The molecule has 6 heteroatoms. The molecule has 0 unspecified atom stereocenters. The zero-order valence-electron chi connectivity index (χ0n) is 15.7. The SMILES string of the molecule is NCC1CCNCC1.O=C(NCC1CCNCC1)OCc1ccccc1. The lowest BCUT2D eigenvalue weighted by molar-refractivity contribution is 0.137. The third-order valence-electron chi connectivity index (χ3n) is 5.00. The van der Waals surface area contributed by atoms with Crippen molar-refractivity contribution in [3.63, 3.8) is 0 Å². The molecule has 0 aromatic heterocycles. The third kappa shape index (κ3) is 8.65. The van der Waals surface area contributed by atoms with Crippen LogP contribution in [-0.2, 0) is 11.3 Å². The first-order valence-corrected chi connectivity index (χ1v) is 9.84. The van der Waals surface area contributed by atoms with Crippen molar-refractivity contribution in [3.05, 3.63) is 35.9 Å². The molecule has 5 N–H and O–H groups in total. The molecule has 2 aliphatic heterocycles. The lowest BCUT2D eigenvalue weighted by atomic mass is 9.98. The summed E-state index contributed by atoms with van der Waals surface area (Å²) in [5.41, 5.74) is 6.48. The van der Waals surface area contributed by atoms with E-state index in [0.29, 0.717) is 12.5 Å². The Bertz CT molecular complexity index is 486. The van der Waals surface area contributed by atoms with E-state index >= 15 is 0 Å². The van der Waals surface area contributed by atoms with E-state index in [-0.39, 0.29) is 6.09 Å². The van der Waals surface area contributed by atoms with Gasteiger partial charge in [-0.1, -0.05) is 30.3 Å². The van der Waals surface area contributed by atoms with Gasteiger partial charge >= 0.3 is 6.09 Å². The molecule has 0 spiro atoms. The van der Waals surface area contributed by atoms with Gasteiger partial charge in [-0.25, -0.2) is 4.79 Å². The first-order valence-electron chi connectivity index (χ1n) is 9.84. The van der Waals surface area contributed by atoms with Crippen LogP contribution in [0.25, 0.3) is 0 Å². The van der Waals surface area contributed by atoms with Crippen LogP contribution in [0.15, 0.2) is 30.3 Å². The van der Waals surface area contributed by atoms with Crippen molar-refractivity contribution in [2.45, 2.75) is 32.3 Å². The standard InChI is InChI=1S/C14H20N2O2.C6H14N2/c17-14(16-10-12-6-8-15-9-7-12)18-11-13-4-2-1-3-5-13;7-5-6-1-3-8-4-2-6/h1-5,12,15H,6-11H2,(H,16,17);6,8H,1-5,7H2. The fourth-order valence-corrected chi connectivity index (χ4v) is 3.21. The summed E-state index contributed by atoms with van der Waals surface area (Å²) in [5.74, 6) is 1.38. The molecule has 2 saturated heterocycles. The number of hydrogen-bond acceptors (Lipinski definition) is 5. The van der Waals surface area contributed by atoms with Crippen molar-refractivity contribution in [1.82, 2.24) is 16.0 Å². The number of benzene rings is 1. The molecular formula is C20H34N4O2. The predicted octanol–water partition coefficient (Wildman–Crippen LogP) is 1.86. The summed E-state index contributed by atoms with van der Waals surface area (Å²) < 4.78 is 5.15. The van der Waals surface area contributed by atoms with Gasteiger partial charge in [0, 0.05) is 6.54 Å². The molecule has 1 amide bonds. The highest BCUT2D eigenvalue weighted by molar-refractivity contribution is 5.67. The minimum Gasteiger partial charge on any atom is -0.445 e. The van der Waals surface area contributed by atoms with Gasteiger partial charge in [-0.2, -0.15) is 0 Å². The summed E-state index contributed by atoms with van der Waals surface area (Å²) in [6.45, 7) is 6.36. The minimum absolute atomic E-state index is 0.322. The van der Waals surface area contributed by atoms with E-state index in [2.05, 4.69) is 16.0 Å². The van der Waals surface area contributed by atoms with Crippen LogP contribution in [0, 0.1) is 11.8 Å². The Balaban J connectivity index is 0.000000254. The second-order valence-corrected chi connectivity index (χ2v) is 7.07. The average Bonchev–Trinajstić information content (AvgIpc) is 2.73. The maximum atomic E-state index is 11.5. The molecule has 2 fully saturated rings. The smallest absolute Gasteiger partial charge is 0.407 e. The molecule has 0 radical (unpaired) electrons. The van der Waals surface area contributed by atoms with Crippen molar-refractivity contribution >= 4 is 6.09 Å². The van der Waals surface area contributed by atoms with Crippen molar-refractivity contribution in [2.75, 3.05) is 39.3 Å². The van der Waals surface area contributed by atoms with E-state index in [1.807, 2.05) is 30.3 Å². The van der Waals surface area contributed by atoms with E-state index in [1.165, 1.54) is 25.9 Å². The molecule has 6 nitrogen and oxygen atoms in total. The van der Waals surface area contributed by atoms with E-state index < -0.39 is 0 Å². The monoisotopic (exact) mass is 362 g/mol. The van der Waals surface area contributed by atoms with Gasteiger partial charge in [0.15, 0.2) is 0 Å². The van der Waals surface area contributed by atoms with Crippen LogP contribution in [0.1, 0.15) is 31.2 Å². The molecule has 0 bridgehead atoms. The molecule has 146 valence electrons. The van der Waals surface area contributed by atoms with E-state index in [0.717, 1.165) is 50.5 Å². The van der Waals surface area contributed by atoms with Gasteiger partial charge in [-0.05, 0) is 75.8 Å². The van der Waals surface area contributed by atoms with Gasteiger partial charge < -0.3 is 26.4 Å². The average molecular weight is 363 g/mol. The van der Waals surface area contributed by atoms with Crippen molar-refractivity contribution in [1.29, 1.82) is 0 Å². The molecule has 1 aromatic carbocycles. The van der Waals surface area contributed by atoms with Crippen molar-refractivity contribution < 1.29 is 9.53 Å². The topological polar surface area (TPSA) is 88.4 Å². The summed E-state index contributed by atoms with van der Waals surface area (Å²) in [4.78, 5) is 11.5. The molecule has 2 aliphatic rings. The number of carbonyl (C=O) groups excluding carboxylic acids is 1. The van der Waals surface area contributed by atoms with E-state index in [1.54, 1.807) is 0 Å². The normalized spacial score (nSPS) is 18.5. The van der Waals surface area contributed by atoms with Crippen molar-refractivity contribution in [2.24, 2.45) is 17.6 Å². The third-order valence-corrected chi connectivity index (χ3v) is 5.00. The zero-order chi connectivity index (χ0) is 18.5. The van der Waals surface area contributed by atoms with Gasteiger partial charge in [0.2, 0.25) is 0 Å². The number of hydrogen-bond donors (Lipinski definition) is 4. The van der Waals surface area contributed by atoms with Crippen LogP contribution in [0.3, 0.4) is 0 Å². The summed E-state index contributed by atoms with van der Waals surface area (Å²) in [7, 11) is 0. The minimum atomic E-state index is -0.322. The number of piperidine rings is 2. The van der Waals surface area contributed by atoms with Gasteiger partial charge in [0.25, 0.3) is 0 Å². The summed E-state index contributed by atoms with van der Waals surface area (Å²) in [6.07, 6.45) is 4.47. The van der Waals surface area contributed by atoms with E-state index in [9.17, 15) is 4.79 Å². The summed E-state index contributed by atoms with van der Waals surface area (Å²) in [6, 6.07) is 9.71. The van der Waals surface area contributed by atoms with Crippen molar-refractivity contribution in [3.8, 4) is 0 Å². The maximum Gasteiger partial charge on any atom is 0.407 e. The van der Waals surface area contributed by atoms with Crippen LogP contribution >= 0.6 is 0 Å². The number of nitrogens with one attached hydrogen (secondary N) is 3. The lowest BCUT2D eigenvalue weighted by Gasteiger charge is -2.22. The van der Waals surface area contributed by atoms with Gasteiger partial charge in [-0.3, -0.25) is 0 Å². The molecule has 0 aliphatic carbocycles. The Morgan fingerprint density at radius 3 is 2.12 bits per heavy atom. The molecular weight excluding hydrogens is 328 g/mol. The second-order valence-electron chi connectivity index (χ2n) is 7.07. The molecule has 3 rings (SSSR count). The highest BCUT2D eigenvalue weighted by Crippen LogP contribution is 2.10. The molecule has 1 aromatic rings. The molecule has 2 heterocycles. The van der Waals surface area contributed by atoms with Gasteiger partial charge in [0.05, 0.1) is 0 Å². The largest absolute Gasteiger partial charge is 0.445 e. The van der Waals surface area contributed by atoms with Crippen LogP contribution in [0.5, 0.6) is 0 Å². The highest BCUT2D eigenvalue weighted by Gasteiger charge is 2.14. The lowest BCUT2D eigenvalue weighted by Crippen LogP contribution is -2.36. The quantitative estimate of drug-likeness (QED) is 0.642. The number of carbonyl (C=O) groups is 1. The van der Waals surface area contributed by atoms with E-state index in [4.69, 9.17) is 10.5 Å². The summed E-state index contributed by atoms with van der Waals surface area (Å²) >= 11 is 0. The number of alkyl carbamates (subject to hydrolysis) is 1. The Morgan fingerprint density at radius 2 is 1.58 bits per heavy atom. The maximum absolute atomic E-state index is 11.5. The first-order chi connectivity index (χ1) is 12.8. The second kappa shape index (κ2) is 12.7. The van der Waals surface area contributed by atoms with Crippen LogP contribution in [0.4, 0.5) is 4.79 Å². The Morgan fingerprint density at radius 1 is 1.00 bits per heavy atom. The Kier molecular flexibility index (Phi) is 10.1. The van der Waals surface area contributed by atoms with Gasteiger partial charge in [-0.15, -0.1) is 0 Å². The Hall–Kier alpha value is -1.63. The number of rotatable bonds is 5. The fourth-order valence-electron chi connectivity index (χ4n) is 3.21. The Labute approximate surface area is 157 Å². The van der Waals surface area contributed by atoms with Crippen LogP contribution in [-0.4, -0.2) is 45.4 Å². The molecule has 0 saturated carbocycles. The fraction of sp³-hybridized carbons (Fsp3) is 0.650. The number of ether oxygens (including phenoxy) is 1. The predicted molar refractivity (Wildman–Crippen MR) is 105 cm³/mol. The highest BCUT2D eigenvalue weighted by atomic mass is 16.5. The van der Waals surface area contributed by atoms with Crippen LogP contribution in [0.2, 0.25) is 0 Å². The number of amides is 1. The molecule has 0 atom stereocenters. The molecule has 26 heavy (non-hydrogen) atoms. The zero-order valence-corrected chi connectivity index (χ0v) is 15.7.